The van der Waals surface area contributed by atoms with Crippen LogP contribution in [0.25, 0.3) is 0 Å². The van der Waals surface area contributed by atoms with Crippen LogP contribution in [-0.2, 0) is 9.59 Å². The second kappa shape index (κ2) is 5.46. The van der Waals surface area contributed by atoms with Gasteiger partial charge in [-0.2, -0.15) is 15.0 Å². The Hall–Kier alpha value is -2.45. The van der Waals surface area contributed by atoms with E-state index in [1.54, 1.807) is 0 Å². The molecule has 1 aromatic rings. The van der Waals surface area contributed by atoms with E-state index in [0.29, 0.717) is 12.5 Å². The number of piperazine rings is 1. The van der Waals surface area contributed by atoms with E-state index < -0.39 is 0 Å². The summed E-state index contributed by atoms with van der Waals surface area (Å²) in [6, 6.07) is 0.124. The third-order valence-corrected chi connectivity index (χ3v) is 2.35. The number of methoxy groups -OCH3 is 1. The predicted octanol–water partition coefficient (Wildman–Crippen LogP) is -1.23. The van der Waals surface area contributed by atoms with Crippen molar-refractivity contribution in [2.75, 3.05) is 37.0 Å². The minimum atomic E-state index is -0.388. The Morgan fingerprint density at radius 2 is 1.95 bits per heavy atom. The van der Waals surface area contributed by atoms with Crippen LogP contribution in [0.1, 0.15) is 6.92 Å². The van der Waals surface area contributed by atoms with Crippen molar-refractivity contribution in [3.05, 3.63) is 0 Å². The lowest BCUT2D eigenvalue weighted by atomic mass is 10.3. The van der Waals surface area contributed by atoms with Crippen LogP contribution < -0.4 is 20.3 Å². The second-order valence-corrected chi connectivity index (χ2v) is 3.80. The molecule has 0 radical (unpaired) electrons. The first kappa shape index (κ1) is 13.0. The fourth-order valence-corrected chi connectivity index (χ4v) is 1.59. The molecule has 2 rings (SSSR count). The van der Waals surface area contributed by atoms with Crippen molar-refractivity contribution in [2.45, 2.75) is 6.92 Å². The van der Waals surface area contributed by atoms with Gasteiger partial charge in [0, 0.05) is 6.54 Å². The highest BCUT2D eigenvalue weighted by atomic mass is 16.5. The van der Waals surface area contributed by atoms with Crippen molar-refractivity contribution in [1.29, 1.82) is 0 Å². The fraction of sp³-hybridized carbons (Fsp3) is 0.500. The Morgan fingerprint density at radius 1 is 1.26 bits per heavy atom. The van der Waals surface area contributed by atoms with Gasteiger partial charge in [-0.3, -0.25) is 14.9 Å². The normalized spacial score (nSPS) is 15.2. The number of amides is 2. The molecule has 2 heterocycles. The van der Waals surface area contributed by atoms with Crippen LogP contribution >= 0.6 is 0 Å². The summed E-state index contributed by atoms with van der Waals surface area (Å²) in [6.07, 6.45) is 0. The maximum Gasteiger partial charge on any atom is 0.322 e. The number of hydrogen-bond donors (Lipinski definition) is 2. The van der Waals surface area contributed by atoms with Gasteiger partial charge in [-0.15, -0.1) is 0 Å². The Kier molecular flexibility index (Phi) is 3.74. The van der Waals surface area contributed by atoms with E-state index in [9.17, 15) is 9.59 Å². The molecule has 2 amide bonds. The maximum absolute atomic E-state index is 11.3. The van der Waals surface area contributed by atoms with Crippen LogP contribution in [0, 0.1) is 0 Å². The third kappa shape index (κ3) is 3.06. The second-order valence-electron chi connectivity index (χ2n) is 3.80. The number of hydrogen-bond acceptors (Lipinski definition) is 8. The molecule has 9 heteroatoms. The zero-order valence-corrected chi connectivity index (χ0v) is 10.6. The van der Waals surface area contributed by atoms with Gasteiger partial charge in [0.1, 0.15) is 13.1 Å². The van der Waals surface area contributed by atoms with Gasteiger partial charge in [-0.25, -0.2) is 0 Å². The summed E-state index contributed by atoms with van der Waals surface area (Å²) in [5, 5.41) is 5.14. The number of aromatic nitrogens is 3. The van der Waals surface area contributed by atoms with Gasteiger partial charge in [-0.05, 0) is 6.92 Å². The van der Waals surface area contributed by atoms with E-state index in [2.05, 4.69) is 25.6 Å². The Balaban J connectivity index is 2.29. The molecule has 1 aliphatic heterocycles. The van der Waals surface area contributed by atoms with Gasteiger partial charge in [0.05, 0.1) is 7.11 Å². The Morgan fingerprint density at radius 3 is 2.53 bits per heavy atom. The number of nitrogens with one attached hydrogen (secondary N) is 2. The van der Waals surface area contributed by atoms with Gasteiger partial charge in [-0.1, -0.05) is 0 Å². The van der Waals surface area contributed by atoms with Crippen LogP contribution in [0.4, 0.5) is 11.9 Å². The van der Waals surface area contributed by atoms with Crippen LogP contribution in [0.3, 0.4) is 0 Å². The monoisotopic (exact) mass is 266 g/mol. The molecule has 0 aromatic carbocycles. The molecule has 9 nitrogen and oxygen atoms in total. The lowest BCUT2D eigenvalue weighted by molar-refractivity contribution is -0.130. The number of nitrogens with zero attached hydrogens (tertiary/aromatic N) is 4. The molecule has 1 aromatic heterocycles. The predicted molar refractivity (Wildman–Crippen MR) is 65.9 cm³/mol. The number of carbonyl (C=O) groups is 2. The highest BCUT2D eigenvalue weighted by molar-refractivity contribution is 6.02. The smallest absolute Gasteiger partial charge is 0.322 e. The Bertz CT molecular complexity index is 490. The molecule has 0 aliphatic carbocycles. The molecule has 1 aliphatic rings. The molecule has 0 unspecified atom stereocenters. The van der Waals surface area contributed by atoms with Crippen molar-refractivity contribution in [3.63, 3.8) is 0 Å². The number of anilines is 2. The van der Waals surface area contributed by atoms with Crippen LogP contribution in [0.5, 0.6) is 6.01 Å². The molecule has 102 valence electrons. The van der Waals surface area contributed by atoms with E-state index in [4.69, 9.17) is 4.74 Å². The summed E-state index contributed by atoms with van der Waals surface area (Å²) in [6.45, 7) is 2.56. The van der Waals surface area contributed by atoms with Crippen molar-refractivity contribution >= 4 is 23.7 Å². The first-order valence-corrected chi connectivity index (χ1v) is 5.74. The number of carbonyl (C=O) groups excluding carboxylic acids is 2. The molecule has 0 atom stereocenters. The molecule has 1 fully saturated rings. The average molecular weight is 266 g/mol. The summed E-state index contributed by atoms with van der Waals surface area (Å²) in [5.41, 5.74) is 0. The first-order chi connectivity index (χ1) is 9.12. The standard InChI is InChI=1S/C10H14N6O3/c1-3-11-8-13-9(15-10(14-8)19-2)16-4-6(17)12-7(18)5-16/h3-5H2,1-2H3,(H,12,17,18)(H,11,13,14,15). The molecule has 0 saturated carbocycles. The minimum absolute atomic E-state index is 0.0183. The van der Waals surface area contributed by atoms with Crippen LogP contribution in [0.15, 0.2) is 0 Å². The third-order valence-electron chi connectivity index (χ3n) is 2.35. The van der Waals surface area contributed by atoms with Crippen molar-refractivity contribution in [3.8, 4) is 6.01 Å². The van der Waals surface area contributed by atoms with E-state index in [1.165, 1.54) is 12.0 Å². The number of rotatable bonds is 4. The summed E-state index contributed by atoms with van der Waals surface area (Å²) < 4.78 is 4.97. The highest BCUT2D eigenvalue weighted by Gasteiger charge is 2.25. The van der Waals surface area contributed by atoms with E-state index in [0.717, 1.165) is 0 Å². The average Bonchev–Trinajstić information content (AvgIpc) is 2.37. The van der Waals surface area contributed by atoms with Crippen molar-refractivity contribution in [1.82, 2.24) is 20.3 Å². The molecule has 0 bridgehead atoms. The molecule has 0 spiro atoms. The van der Waals surface area contributed by atoms with Crippen molar-refractivity contribution < 1.29 is 14.3 Å². The zero-order chi connectivity index (χ0) is 13.8. The van der Waals surface area contributed by atoms with E-state index >= 15 is 0 Å². The molecule has 2 N–H and O–H groups in total. The van der Waals surface area contributed by atoms with Gasteiger partial charge in [0.15, 0.2) is 0 Å². The molecule has 1 saturated heterocycles. The summed E-state index contributed by atoms with van der Waals surface area (Å²) in [4.78, 5) is 36.3. The molecular weight excluding hydrogens is 252 g/mol. The summed E-state index contributed by atoms with van der Waals surface area (Å²) >= 11 is 0. The minimum Gasteiger partial charge on any atom is -0.467 e. The van der Waals surface area contributed by atoms with Gasteiger partial charge < -0.3 is 15.0 Å². The van der Waals surface area contributed by atoms with Crippen LogP contribution in [0.2, 0.25) is 0 Å². The summed E-state index contributed by atoms with van der Waals surface area (Å²) in [5.74, 6) is -0.213. The largest absolute Gasteiger partial charge is 0.467 e. The number of ether oxygens (including phenoxy) is 1. The lowest BCUT2D eigenvalue weighted by Crippen LogP contribution is -2.52. The Labute approximate surface area is 109 Å². The van der Waals surface area contributed by atoms with E-state index in [1.807, 2.05) is 6.92 Å². The quantitative estimate of drug-likeness (QED) is 0.652. The van der Waals surface area contributed by atoms with Crippen molar-refractivity contribution in [2.24, 2.45) is 0 Å². The zero-order valence-electron chi connectivity index (χ0n) is 10.6. The van der Waals surface area contributed by atoms with Gasteiger partial charge in [0.25, 0.3) is 0 Å². The first-order valence-electron chi connectivity index (χ1n) is 5.74. The van der Waals surface area contributed by atoms with Crippen LogP contribution in [-0.4, -0.2) is 53.5 Å². The summed E-state index contributed by atoms with van der Waals surface area (Å²) in [7, 11) is 1.43. The lowest BCUT2D eigenvalue weighted by Gasteiger charge is -2.25. The fourth-order valence-electron chi connectivity index (χ4n) is 1.59. The number of imide groups is 1. The SMILES string of the molecule is CCNc1nc(OC)nc(N2CC(=O)NC(=O)C2)n1. The molecular formula is C10H14N6O3. The highest BCUT2D eigenvalue weighted by Crippen LogP contribution is 2.15. The maximum atomic E-state index is 11.3. The topological polar surface area (TPSA) is 109 Å². The van der Waals surface area contributed by atoms with Gasteiger partial charge >= 0.3 is 6.01 Å². The molecule has 19 heavy (non-hydrogen) atoms. The van der Waals surface area contributed by atoms with E-state index in [-0.39, 0.29) is 36.9 Å². The van der Waals surface area contributed by atoms with Gasteiger partial charge in [0.2, 0.25) is 23.7 Å².